The van der Waals surface area contributed by atoms with E-state index in [4.69, 9.17) is 16.3 Å². The maximum Gasteiger partial charge on any atom is 0.119 e. The molecule has 96 valence electrons. The number of rotatable bonds is 8. The molecule has 0 amide bonds. The van der Waals surface area contributed by atoms with Crippen molar-refractivity contribution in [3.05, 3.63) is 29.8 Å². The Labute approximate surface area is 110 Å². The van der Waals surface area contributed by atoms with E-state index in [0.717, 1.165) is 18.6 Å². The van der Waals surface area contributed by atoms with E-state index in [0.29, 0.717) is 0 Å². The first-order chi connectivity index (χ1) is 8.26. The van der Waals surface area contributed by atoms with Gasteiger partial charge in [0, 0.05) is 5.38 Å². The van der Waals surface area contributed by atoms with E-state index in [-0.39, 0.29) is 5.38 Å². The average molecular weight is 255 g/mol. The highest BCUT2D eigenvalue weighted by Gasteiger charge is 2.06. The van der Waals surface area contributed by atoms with Crippen LogP contribution in [0.15, 0.2) is 24.3 Å². The van der Waals surface area contributed by atoms with Crippen molar-refractivity contribution < 1.29 is 4.74 Å². The molecule has 0 aliphatic carbocycles. The molecule has 0 radical (unpaired) electrons. The number of hydrogen-bond donors (Lipinski definition) is 0. The number of benzene rings is 1. The first kappa shape index (κ1) is 14.4. The summed E-state index contributed by atoms with van der Waals surface area (Å²) in [4.78, 5) is 0. The van der Waals surface area contributed by atoms with Crippen LogP contribution in [0.3, 0.4) is 0 Å². The van der Waals surface area contributed by atoms with Gasteiger partial charge in [-0.25, -0.2) is 0 Å². The second-order valence-corrected chi connectivity index (χ2v) is 5.12. The van der Waals surface area contributed by atoms with Gasteiger partial charge in [-0.1, -0.05) is 44.7 Å². The molecule has 1 aromatic carbocycles. The lowest BCUT2D eigenvalue weighted by Gasteiger charge is -2.10. The molecule has 1 rings (SSSR count). The maximum absolute atomic E-state index is 6.35. The summed E-state index contributed by atoms with van der Waals surface area (Å²) in [6, 6.07) is 8.17. The van der Waals surface area contributed by atoms with Gasteiger partial charge in [-0.2, -0.15) is 0 Å². The standard InChI is InChI=1S/C15H23ClO/c1-3-4-5-6-9-14(16)11-13-8-7-10-15(12-13)17-2/h7-8,10,12,14H,3-6,9,11H2,1-2H3. The third-order valence-electron chi connectivity index (χ3n) is 2.96. The van der Waals surface area contributed by atoms with Crippen molar-refractivity contribution >= 4 is 11.6 Å². The predicted molar refractivity (Wildman–Crippen MR) is 75.1 cm³/mol. The number of methoxy groups -OCH3 is 1. The lowest BCUT2D eigenvalue weighted by molar-refractivity contribution is 0.414. The van der Waals surface area contributed by atoms with Gasteiger partial charge in [-0.15, -0.1) is 11.6 Å². The first-order valence-corrected chi connectivity index (χ1v) is 6.97. The van der Waals surface area contributed by atoms with Crippen LogP contribution in [0.2, 0.25) is 0 Å². The van der Waals surface area contributed by atoms with Crippen LogP contribution in [0.5, 0.6) is 5.75 Å². The van der Waals surface area contributed by atoms with Crippen molar-refractivity contribution in [1.82, 2.24) is 0 Å². The Balaban J connectivity index is 2.31. The first-order valence-electron chi connectivity index (χ1n) is 6.53. The SMILES string of the molecule is CCCCCCC(Cl)Cc1cccc(OC)c1. The summed E-state index contributed by atoms with van der Waals surface area (Å²) < 4.78 is 5.21. The largest absolute Gasteiger partial charge is 0.497 e. The summed E-state index contributed by atoms with van der Waals surface area (Å²) in [5, 5.41) is 0.249. The number of hydrogen-bond acceptors (Lipinski definition) is 1. The summed E-state index contributed by atoms with van der Waals surface area (Å²) in [5.74, 6) is 0.914. The Morgan fingerprint density at radius 3 is 2.76 bits per heavy atom. The highest BCUT2D eigenvalue weighted by Crippen LogP contribution is 2.18. The van der Waals surface area contributed by atoms with Gasteiger partial charge in [0.2, 0.25) is 0 Å². The Kier molecular flexibility index (Phi) is 7.11. The van der Waals surface area contributed by atoms with Gasteiger partial charge < -0.3 is 4.74 Å². The Morgan fingerprint density at radius 1 is 1.24 bits per heavy atom. The molecule has 1 nitrogen and oxygen atoms in total. The van der Waals surface area contributed by atoms with Crippen LogP contribution in [0, 0.1) is 0 Å². The molecule has 0 aliphatic heterocycles. The molecule has 17 heavy (non-hydrogen) atoms. The minimum absolute atomic E-state index is 0.249. The number of unbranched alkanes of at least 4 members (excludes halogenated alkanes) is 3. The molecule has 1 unspecified atom stereocenters. The average Bonchev–Trinajstić information content (AvgIpc) is 2.35. The zero-order valence-corrected chi connectivity index (χ0v) is 11.7. The van der Waals surface area contributed by atoms with E-state index in [9.17, 15) is 0 Å². The second-order valence-electron chi connectivity index (χ2n) is 4.50. The molecule has 0 saturated heterocycles. The van der Waals surface area contributed by atoms with Crippen molar-refractivity contribution in [2.24, 2.45) is 0 Å². The van der Waals surface area contributed by atoms with Crippen LogP contribution >= 0.6 is 11.6 Å². The third-order valence-corrected chi connectivity index (χ3v) is 3.33. The van der Waals surface area contributed by atoms with Crippen LogP contribution in [-0.2, 0) is 6.42 Å². The molecular weight excluding hydrogens is 232 g/mol. The van der Waals surface area contributed by atoms with Crippen LogP contribution in [0.25, 0.3) is 0 Å². The summed E-state index contributed by atoms with van der Waals surface area (Å²) in [6.07, 6.45) is 7.19. The predicted octanol–water partition coefficient (Wildman–Crippen LogP) is 4.82. The fourth-order valence-corrected chi connectivity index (χ4v) is 2.28. The van der Waals surface area contributed by atoms with E-state index >= 15 is 0 Å². The van der Waals surface area contributed by atoms with Crippen molar-refractivity contribution in [3.63, 3.8) is 0 Å². The van der Waals surface area contributed by atoms with E-state index < -0.39 is 0 Å². The zero-order valence-electron chi connectivity index (χ0n) is 10.9. The molecule has 0 heterocycles. The number of alkyl halides is 1. The highest BCUT2D eigenvalue weighted by atomic mass is 35.5. The van der Waals surface area contributed by atoms with Crippen molar-refractivity contribution in [2.45, 2.75) is 50.8 Å². The molecule has 0 saturated carbocycles. The van der Waals surface area contributed by atoms with E-state index in [1.54, 1.807) is 7.11 Å². The van der Waals surface area contributed by atoms with Gasteiger partial charge in [0.15, 0.2) is 0 Å². The normalized spacial score (nSPS) is 12.4. The van der Waals surface area contributed by atoms with Crippen LogP contribution < -0.4 is 4.74 Å². The minimum atomic E-state index is 0.249. The van der Waals surface area contributed by atoms with Gasteiger partial charge >= 0.3 is 0 Å². The van der Waals surface area contributed by atoms with E-state index in [2.05, 4.69) is 19.1 Å². The fourth-order valence-electron chi connectivity index (χ4n) is 1.95. The molecule has 0 fully saturated rings. The van der Waals surface area contributed by atoms with Crippen LogP contribution in [0.1, 0.15) is 44.6 Å². The fraction of sp³-hybridized carbons (Fsp3) is 0.600. The molecule has 0 aliphatic rings. The molecular formula is C15H23ClO. The summed E-state index contributed by atoms with van der Waals surface area (Å²) >= 11 is 6.35. The van der Waals surface area contributed by atoms with E-state index in [1.807, 2.05) is 12.1 Å². The van der Waals surface area contributed by atoms with Gasteiger partial charge in [0.05, 0.1) is 7.11 Å². The minimum Gasteiger partial charge on any atom is -0.497 e. The molecule has 2 heteroatoms. The molecule has 0 bridgehead atoms. The maximum atomic E-state index is 6.35. The quantitative estimate of drug-likeness (QED) is 0.478. The topological polar surface area (TPSA) is 9.23 Å². The Bertz CT molecular complexity index is 312. The third kappa shape index (κ3) is 5.97. The molecule has 0 N–H and O–H groups in total. The summed E-state index contributed by atoms with van der Waals surface area (Å²) in [7, 11) is 1.70. The second kappa shape index (κ2) is 8.41. The number of ether oxygens (including phenoxy) is 1. The molecule has 0 aromatic heterocycles. The smallest absolute Gasteiger partial charge is 0.119 e. The van der Waals surface area contributed by atoms with Crippen molar-refractivity contribution in [2.75, 3.05) is 7.11 Å². The van der Waals surface area contributed by atoms with Crippen molar-refractivity contribution in [1.29, 1.82) is 0 Å². The van der Waals surface area contributed by atoms with Gasteiger partial charge in [0.25, 0.3) is 0 Å². The highest BCUT2D eigenvalue weighted by molar-refractivity contribution is 6.20. The summed E-state index contributed by atoms with van der Waals surface area (Å²) in [5.41, 5.74) is 1.26. The zero-order chi connectivity index (χ0) is 12.5. The molecule has 1 atom stereocenters. The van der Waals surface area contributed by atoms with Crippen LogP contribution in [0.4, 0.5) is 0 Å². The summed E-state index contributed by atoms with van der Waals surface area (Å²) in [6.45, 7) is 2.23. The Hall–Kier alpha value is -0.690. The Morgan fingerprint density at radius 2 is 2.06 bits per heavy atom. The van der Waals surface area contributed by atoms with E-state index in [1.165, 1.54) is 31.2 Å². The lowest BCUT2D eigenvalue weighted by Crippen LogP contribution is -2.03. The molecule has 1 aromatic rings. The van der Waals surface area contributed by atoms with Crippen molar-refractivity contribution in [3.8, 4) is 5.75 Å². The van der Waals surface area contributed by atoms with Gasteiger partial charge in [-0.05, 0) is 30.5 Å². The van der Waals surface area contributed by atoms with Gasteiger partial charge in [-0.3, -0.25) is 0 Å². The van der Waals surface area contributed by atoms with Gasteiger partial charge in [0.1, 0.15) is 5.75 Å². The lowest BCUT2D eigenvalue weighted by atomic mass is 10.0. The van der Waals surface area contributed by atoms with Crippen LogP contribution in [-0.4, -0.2) is 12.5 Å². The number of halogens is 1. The molecule has 0 spiro atoms. The monoisotopic (exact) mass is 254 g/mol.